The van der Waals surface area contributed by atoms with Crippen molar-refractivity contribution in [2.75, 3.05) is 13.7 Å². The maximum absolute atomic E-state index is 12.0. The Morgan fingerprint density at radius 2 is 2.29 bits per heavy atom. The van der Waals surface area contributed by atoms with Crippen LogP contribution in [0.5, 0.6) is 5.75 Å². The van der Waals surface area contributed by atoms with Crippen molar-refractivity contribution < 1.29 is 9.53 Å². The molecule has 0 spiro atoms. The van der Waals surface area contributed by atoms with Gasteiger partial charge in [-0.05, 0) is 18.6 Å². The molecule has 5 nitrogen and oxygen atoms in total. The average Bonchev–Trinajstić information content (AvgIpc) is 3.17. The van der Waals surface area contributed by atoms with Crippen LogP contribution in [0.15, 0.2) is 35.8 Å². The van der Waals surface area contributed by atoms with E-state index in [0.29, 0.717) is 6.42 Å². The molecule has 1 N–H and O–H groups in total. The number of carbonyl (C=O) groups excluding carboxylic acids is 1. The average molecular weight is 343 g/mol. The van der Waals surface area contributed by atoms with Crippen LogP contribution >= 0.6 is 11.3 Å². The Morgan fingerprint density at radius 3 is 3.08 bits per heavy atom. The second-order valence-electron chi connectivity index (χ2n) is 5.62. The van der Waals surface area contributed by atoms with Gasteiger partial charge >= 0.3 is 0 Å². The Hall–Kier alpha value is -2.34. The summed E-state index contributed by atoms with van der Waals surface area (Å²) in [5, 5.41) is 4.95. The second-order valence-corrected chi connectivity index (χ2v) is 6.45. The fourth-order valence-electron chi connectivity index (χ4n) is 2.51. The summed E-state index contributed by atoms with van der Waals surface area (Å²) in [4.78, 5) is 17.6. The zero-order valence-corrected chi connectivity index (χ0v) is 14.7. The summed E-state index contributed by atoms with van der Waals surface area (Å²) in [6, 6.07) is 7.83. The number of amides is 1. The third-order valence-electron chi connectivity index (χ3n) is 3.84. The van der Waals surface area contributed by atoms with Crippen LogP contribution < -0.4 is 10.1 Å². The molecule has 24 heavy (non-hydrogen) atoms. The molecule has 0 bridgehead atoms. The van der Waals surface area contributed by atoms with Crippen molar-refractivity contribution in [3.8, 4) is 17.0 Å². The van der Waals surface area contributed by atoms with Crippen molar-refractivity contribution in [1.29, 1.82) is 0 Å². The molecule has 0 aliphatic rings. The monoisotopic (exact) mass is 343 g/mol. The van der Waals surface area contributed by atoms with E-state index in [0.717, 1.165) is 47.0 Å². The number of benzene rings is 1. The van der Waals surface area contributed by atoms with Crippen LogP contribution in [0.1, 0.15) is 25.5 Å². The van der Waals surface area contributed by atoms with E-state index in [4.69, 9.17) is 4.74 Å². The van der Waals surface area contributed by atoms with Crippen LogP contribution in [-0.2, 0) is 11.2 Å². The van der Waals surface area contributed by atoms with Crippen LogP contribution in [-0.4, -0.2) is 28.9 Å². The largest absolute Gasteiger partial charge is 0.497 e. The van der Waals surface area contributed by atoms with E-state index in [9.17, 15) is 4.79 Å². The quantitative estimate of drug-likeness (QED) is 0.668. The van der Waals surface area contributed by atoms with Crippen LogP contribution in [0.2, 0.25) is 0 Å². The standard InChI is InChI=1S/C18H21N3O2S/c1-3-4-8-19-17(22)10-14-12-24-18-20-16(11-21(14)18)13-6-5-7-15(9-13)23-2/h5-7,9,11-12H,3-4,8,10H2,1-2H3,(H,19,22). The molecule has 0 saturated carbocycles. The summed E-state index contributed by atoms with van der Waals surface area (Å²) in [7, 11) is 1.65. The molecule has 0 saturated heterocycles. The van der Waals surface area contributed by atoms with Gasteiger partial charge in [0.1, 0.15) is 5.75 Å². The van der Waals surface area contributed by atoms with Crippen molar-refractivity contribution in [3.05, 3.63) is 41.5 Å². The second kappa shape index (κ2) is 7.49. The molecule has 1 amide bonds. The number of rotatable bonds is 7. The SMILES string of the molecule is CCCCNC(=O)Cc1csc2nc(-c3cccc(OC)c3)cn12. The summed E-state index contributed by atoms with van der Waals surface area (Å²) < 4.78 is 7.27. The van der Waals surface area contributed by atoms with Gasteiger partial charge in [0.05, 0.1) is 19.2 Å². The summed E-state index contributed by atoms with van der Waals surface area (Å²) in [6.07, 6.45) is 4.44. The van der Waals surface area contributed by atoms with E-state index >= 15 is 0 Å². The highest BCUT2D eigenvalue weighted by Crippen LogP contribution is 2.26. The Labute approximate surface area is 145 Å². The molecular weight excluding hydrogens is 322 g/mol. The smallest absolute Gasteiger partial charge is 0.225 e. The first kappa shape index (κ1) is 16.5. The van der Waals surface area contributed by atoms with Crippen molar-refractivity contribution >= 4 is 22.2 Å². The van der Waals surface area contributed by atoms with Gasteiger partial charge in [-0.2, -0.15) is 0 Å². The van der Waals surface area contributed by atoms with Gasteiger partial charge in [0.15, 0.2) is 4.96 Å². The molecule has 6 heteroatoms. The highest BCUT2D eigenvalue weighted by atomic mass is 32.1. The summed E-state index contributed by atoms with van der Waals surface area (Å²) in [5.41, 5.74) is 2.85. The number of unbranched alkanes of at least 4 members (excludes halogenated alkanes) is 1. The predicted molar refractivity (Wildman–Crippen MR) is 96.7 cm³/mol. The first-order valence-corrected chi connectivity index (χ1v) is 8.96. The number of methoxy groups -OCH3 is 1. The molecule has 0 aliphatic heterocycles. The molecular formula is C18H21N3O2S. The van der Waals surface area contributed by atoms with Crippen molar-refractivity contribution in [1.82, 2.24) is 14.7 Å². The van der Waals surface area contributed by atoms with Gasteiger partial charge in [0, 0.05) is 29.4 Å². The number of ether oxygens (including phenoxy) is 1. The van der Waals surface area contributed by atoms with Gasteiger partial charge in [0.2, 0.25) is 5.91 Å². The topological polar surface area (TPSA) is 55.6 Å². The van der Waals surface area contributed by atoms with E-state index in [1.807, 2.05) is 40.2 Å². The van der Waals surface area contributed by atoms with Gasteiger partial charge in [-0.3, -0.25) is 9.20 Å². The van der Waals surface area contributed by atoms with Gasteiger partial charge in [-0.25, -0.2) is 4.98 Å². The number of fused-ring (bicyclic) bond motifs is 1. The first-order valence-electron chi connectivity index (χ1n) is 8.08. The Balaban J connectivity index is 1.79. The number of hydrogen-bond donors (Lipinski definition) is 1. The molecule has 0 atom stereocenters. The van der Waals surface area contributed by atoms with E-state index in [1.54, 1.807) is 18.4 Å². The lowest BCUT2D eigenvalue weighted by molar-refractivity contribution is -0.120. The van der Waals surface area contributed by atoms with Crippen molar-refractivity contribution in [2.24, 2.45) is 0 Å². The minimum Gasteiger partial charge on any atom is -0.497 e. The molecule has 3 aromatic rings. The van der Waals surface area contributed by atoms with Crippen LogP contribution in [0.3, 0.4) is 0 Å². The fraction of sp³-hybridized carbons (Fsp3) is 0.333. The zero-order chi connectivity index (χ0) is 16.9. The number of hydrogen-bond acceptors (Lipinski definition) is 4. The molecule has 0 fully saturated rings. The summed E-state index contributed by atoms with van der Waals surface area (Å²) >= 11 is 1.55. The van der Waals surface area contributed by atoms with Crippen molar-refractivity contribution in [2.45, 2.75) is 26.2 Å². The van der Waals surface area contributed by atoms with Gasteiger partial charge < -0.3 is 10.1 Å². The molecule has 3 rings (SSSR count). The summed E-state index contributed by atoms with van der Waals surface area (Å²) in [5.74, 6) is 0.860. The van der Waals surface area contributed by atoms with Gasteiger partial charge in [-0.15, -0.1) is 11.3 Å². The molecule has 2 heterocycles. The minimum atomic E-state index is 0.0554. The summed E-state index contributed by atoms with van der Waals surface area (Å²) in [6.45, 7) is 2.85. The number of aromatic nitrogens is 2. The molecule has 0 radical (unpaired) electrons. The van der Waals surface area contributed by atoms with Gasteiger partial charge in [-0.1, -0.05) is 25.5 Å². The Bertz CT molecular complexity index is 838. The number of imidazole rings is 1. The van der Waals surface area contributed by atoms with Gasteiger partial charge in [0.25, 0.3) is 0 Å². The lowest BCUT2D eigenvalue weighted by Crippen LogP contribution is -2.26. The van der Waals surface area contributed by atoms with E-state index < -0.39 is 0 Å². The third kappa shape index (κ3) is 3.59. The van der Waals surface area contributed by atoms with E-state index in [-0.39, 0.29) is 5.91 Å². The molecule has 2 aromatic heterocycles. The molecule has 0 unspecified atom stereocenters. The molecule has 0 aliphatic carbocycles. The minimum absolute atomic E-state index is 0.0554. The fourth-order valence-corrected chi connectivity index (χ4v) is 3.38. The number of thiazole rings is 1. The lowest BCUT2D eigenvalue weighted by Gasteiger charge is -2.03. The maximum Gasteiger partial charge on any atom is 0.225 e. The van der Waals surface area contributed by atoms with E-state index in [1.165, 1.54) is 0 Å². The third-order valence-corrected chi connectivity index (χ3v) is 4.73. The predicted octanol–water partition coefficient (Wildman–Crippen LogP) is 3.53. The maximum atomic E-state index is 12.0. The zero-order valence-electron chi connectivity index (χ0n) is 13.9. The molecule has 1 aromatic carbocycles. The van der Waals surface area contributed by atoms with Crippen LogP contribution in [0.25, 0.3) is 16.2 Å². The first-order chi connectivity index (χ1) is 11.7. The van der Waals surface area contributed by atoms with Crippen LogP contribution in [0, 0.1) is 0 Å². The highest BCUT2D eigenvalue weighted by molar-refractivity contribution is 7.15. The Kier molecular flexibility index (Phi) is 5.15. The number of nitrogens with one attached hydrogen (secondary N) is 1. The van der Waals surface area contributed by atoms with Crippen molar-refractivity contribution in [3.63, 3.8) is 0 Å². The molecule has 126 valence electrons. The Morgan fingerprint density at radius 1 is 1.42 bits per heavy atom. The highest BCUT2D eigenvalue weighted by Gasteiger charge is 2.12. The normalized spacial score (nSPS) is 10.9. The van der Waals surface area contributed by atoms with Crippen LogP contribution in [0.4, 0.5) is 0 Å². The number of nitrogens with zero attached hydrogens (tertiary/aromatic N) is 2. The number of carbonyl (C=O) groups is 1. The van der Waals surface area contributed by atoms with E-state index in [2.05, 4.69) is 17.2 Å². The lowest BCUT2D eigenvalue weighted by atomic mass is 10.1.